The van der Waals surface area contributed by atoms with Crippen LogP contribution in [0.5, 0.6) is 0 Å². The summed E-state index contributed by atoms with van der Waals surface area (Å²) in [6.45, 7) is 13.5. The number of nitrogens with zero attached hydrogens (tertiary/aromatic N) is 1. The largest absolute Gasteiger partial charge is 0.383 e. The summed E-state index contributed by atoms with van der Waals surface area (Å²) in [4.78, 5) is 2.68. The van der Waals surface area contributed by atoms with E-state index in [-0.39, 0.29) is 0 Å². The monoisotopic (exact) mass is 284 g/mol. The van der Waals surface area contributed by atoms with Crippen LogP contribution in [0.25, 0.3) is 0 Å². The van der Waals surface area contributed by atoms with Crippen molar-refractivity contribution >= 4 is 0 Å². The topological polar surface area (TPSA) is 24.5 Å². The summed E-state index contributed by atoms with van der Waals surface area (Å²) in [6.07, 6.45) is 5.25. The Balaban J connectivity index is 2.68. The second kappa shape index (κ2) is 9.75. The Bertz CT molecular complexity index is 243. The van der Waals surface area contributed by atoms with Crippen LogP contribution in [0.4, 0.5) is 0 Å². The van der Waals surface area contributed by atoms with Crippen LogP contribution in [0.2, 0.25) is 0 Å². The molecule has 1 fully saturated rings. The predicted molar refractivity (Wildman–Crippen MR) is 87.2 cm³/mol. The van der Waals surface area contributed by atoms with Crippen molar-refractivity contribution in [1.82, 2.24) is 10.2 Å². The smallest absolute Gasteiger partial charge is 0.0589 e. The van der Waals surface area contributed by atoms with Crippen LogP contribution in [-0.2, 0) is 4.74 Å². The Kier molecular flexibility index (Phi) is 8.74. The van der Waals surface area contributed by atoms with Crippen molar-refractivity contribution in [2.24, 2.45) is 11.8 Å². The quantitative estimate of drug-likeness (QED) is 0.704. The Morgan fingerprint density at radius 2 is 2.05 bits per heavy atom. The third kappa shape index (κ3) is 6.11. The highest BCUT2D eigenvalue weighted by Crippen LogP contribution is 2.28. The van der Waals surface area contributed by atoms with Crippen LogP contribution in [0.1, 0.15) is 53.4 Å². The molecule has 1 N–H and O–H groups in total. The summed E-state index contributed by atoms with van der Waals surface area (Å²) in [5.74, 6) is 1.58. The summed E-state index contributed by atoms with van der Waals surface area (Å²) in [5, 5.41) is 3.79. The van der Waals surface area contributed by atoms with Gasteiger partial charge in [0.15, 0.2) is 0 Å². The molecule has 0 aromatic heterocycles. The summed E-state index contributed by atoms with van der Waals surface area (Å²) in [7, 11) is 1.81. The Hall–Kier alpha value is -0.120. The van der Waals surface area contributed by atoms with E-state index in [0.29, 0.717) is 12.1 Å². The predicted octanol–water partition coefficient (Wildman–Crippen LogP) is 3.15. The fraction of sp³-hybridized carbons (Fsp3) is 1.00. The van der Waals surface area contributed by atoms with Crippen LogP contribution >= 0.6 is 0 Å². The van der Waals surface area contributed by atoms with E-state index in [9.17, 15) is 0 Å². The van der Waals surface area contributed by atoms with Gasteiger partial charge in [0.05, 0.1) is 6.61 Å². The molecular weight excluding hydrogens is 248 g/mol. The molecule has 3 nitrogen and oxygen atoms in total. The maximum absolute atomic E-state index is 5.33. The first-order valence-corrected chi connectivity index (χ1v) is 8.54. The fourth-order valence-electron chi connectivity index (χ4n) is 3.39. The lowest BCUT2D eigenvalue weighted by molar-refractivity contribution is 0.0623. The van der Waals surface area contributed by atoms with Gasteiger partial charge in [0, 0.05) is 32.3 Å². The molecule has 1 rings (SSSR count). The minimum atomic E-state index is 0.668. The van der Waals surface area contributed by atoms with Crippen LogP contribution in [0, 0.1) is 11.8 Å². The Labute approximate surface area is 126 Å². The van der Waals surface area contributed by atoms with Gasteiger partial charge < -0.3 is 10.1 Å². The summed E-state index contributed by atoms with van der Waals surface area (Å²) < 4.78 is 5.33. The van der Waals surface area contributed by atoms with Gasteiger partial charge in [0.1, 0.15) is 0 Å². The summed E-state index contributed by atoms with van der Waals surface area (Å²) >= 11 is 0. The molecule has 0 heterocycles. The van der Waals surface area contributed by atoms with Gasteiger partial charge in [-0.15, -0.1) is 0 Å². The highest BCUT2D eigenvalue weighted by atomic mass is 16.5. The molecule has 0 aromatic carbocycles. The minimum Gasteiger partial charge on any atom is -0.383 e. The van der Waals surface area contributed by atoms with Gasteiger partial charge in [-0.25, -0.2) is 0 Å². The van der Waals surface area contributed by atoms with Gasteiger partial charge in [-0.3, -0.25) is 4.90 Å². The molecule has 120 valence electrons. The molecule has 1 aliphatic rings. The summed E-state index contributed by atoms with van der Waals surface area (Å²) in [6, 6.07) is 1.35. The van der Waals surface area contributed by atoms with Crippen LogP contribution < -0.4 is 5.32 Å². The molecule has 0 spiro atoms. The second-order valence-corrected chi connectivity index (χ2v) is 6.93. The van der Waals surface area contributed by atoms with Gasteiger partial charge >= 0.3 is 0 Å². The maximum atomic E-state index is 5.33. The third-order valence-corrected chi connectivity index (χ3v) is 4.39. The van der Waals surface area contributed by atoms with Crippen molar-refractivity contribution in [1.29, 1.82) is 0 Å². The lowest BCUT2D eigenvalue weighted by atomic mass is 9.82. The molecule has 0 amide bonds. The van der Waals surface area contributed by atoms with Crippen molar-refractivity contribution in [3.05, 3.63) is 0 Å². The van der Waals surface area contributed by atoms with Gasteiger partial charge in [0.25, 0.3) is 0 Å². The van der Waals surface area contributed by atoms with E-state index in [4.69, 9.17) is 4.74 Å². The molecule has 3 atom stereocenters. The molecule has 3 unspecified atom stereocenters. The molecule has 1 saturated carbocycles. The second-order valence-electron chi connectivity index (χ2n) is 6.93. The average Bonchev–Trinajstić information content (AvgIpc) is 2.41. The average molecular weight is 284 g/mol. The Morgan fingerprint density at radius 3 is 2.65 bits per heavy atom. The van der Waals surface area contributed by atoms with Crippen LogP contribution in [-0.4, -0.2) is 50.3 Å². The van der Waals surface area contributed by atoms with Gasteiger partial charge in [-0.2, -0.15) is 0 Å². The van der Waals surface area contributed by atoms with E-state index in [1.807, 2.05) is 7.11 Å². The molecule has 0 radical (unpaired) electrons. The van der Waals surface area contributed by atoms with E-state index in [1.54, 1.807) is 0 Å². The zero-order valence-corrected chi connectivity index (χ0v) is 14.3. The molecule has 0 aliphatic heterocycles. The lowest BCUT2D eigenvalue weighted by Crippen LogP contribution is -2.54. The molecule has 20 heavy (non-hydrogen) atoms. The number of hydrogen-bond acceptors (Lipinski definition) is 3. The highest BCUT2D eigenvalue weighted by Gasteiger charge is 2.32. The number of hydrogen-bond donors (Lipinski definition) is 1. The molecule has 1 aliphatic carbocycles. The van der Waals surface area contributed by atoms with Gasteiger partial charge in [-0.1, -0.05) is 27.7 Å². The third-order valence-electron chi connectivity index (χ3n) is 4.39. The van der Waals surface area contributed by atoms with E-state index in [2.05, 4.69) is 37.9 Å². The van der Waals surface area contributed by atoms with E-state index < -0.39 is 0 Å². The molecule has 3 heteroatoms. The first-order valence-electron chi connectivity index (χ1n) is 8.54. The van der Waals surface area contributed by atoms with Crippen molar-refractivity contribution in [3.63, 3.8) is 0 Å². The number of ether oxygens (including phenoxy) is 1. The van der Waals surface area contributed by atoms with E-state index in [1.165, 1.54) is 32.2 Å². The first kappa shape index (κ1) is 17.9. The van der Waals surface area contributed by atoms with Gasteiger partial charge in [-0.05, 0) is 44.1 Å². The molecule has 0 aromatic rings. The standard InChI is InChI=1S/C17H36N2O/c1-6-9-18-16-8-7-15(4)12-17(16)19(10-11-20-5)13-14(2)3/h14-18H,6-13H2,1-5H3. The zero-order chi connectivity index (χ0) is 15.0. The Morgan fingerprint density at radius 1 is 1.30 bits per heavy atom. The molecular formula is C17H36N2O. The van der Waals surface area contributed by atoms with E-state index >= 15 is 0 Å². The number of nitrogens with one attached hydrogen (secondary N) is 1. The zero-order valence-electron chi connectivity index (χ0n) is 14.3. The summed E-state index contributed by atoms with van der Waals surface area (Å²) in [5.41, 5.74) is 0. The first-order chi connectivity index (χ1) is 9.58. The van der Waals surface area contributed by atoms with Crippen molar-refractivity contribution in [2.75, 3.05) is 33.4 Å². The van der Waals surface area contributed by atoms with Crippen LogP contribution in [0.15, 0.2) is 0 Å². The fourth-order valence-corrected chi connectivity index (χ4v) is 3.39. The maximum Gasteiger partial charge on any atom is 0.0589 e. The van der Waals surface area contributed by atoms with Gasteiger partial charge in [0.2, 0.25) is 0 Å². The molecule has 0 saturated heterocycles. The van der Waals surface area contributed by atoms with Crippen molar-refractivity contribution < 1.29 is 4.74 Å². The normalized spacial score (nSPS) is 27.4. The van der Waals surface area contributed by atoms with Crippen molar-refractivity contribution in [2.45, 2.75) is 65.5 Å². The minimum absolute atomic E-state index is 0.668. The number of methoxy groups -OCH3 is 1. The highest BCUT2D eigenvalue weighted by molar-refractivity contribution is 4.90. The SMILES string of the molecule is CCCNC1CCC(C)CC1N(CCOC)CC(C)C. The van der Waals surface area contributed by atoms with E-state index in [0.717, 1.165) is 31.5 Å². The lowest BCUT2D eigenvalue weighted by Gasteiger charge is -2.43. The number of rotatable bonds is 9. The molecule has 0 bridgehead atoms. The van der Waals surface area contributed by atoms with Crippen LogP contribution in [0.3, 0.4) is 0 Å². The van der Waals surface area contributed by atoms with Crippen molar-refractivity contribution in [3.8, 4) is 0 Å².